The lowest BCUT2D eigenvalue weighted by molar-refractivity contribution is 0.482. The van der Waals surface area contributed by atoms with Crippen molar-refractivity contribution in [3.05, 3.63) is 54.6 Å². The molecule has 0 aliphatic heterocycles. The van der Waals surface area contributed by atoms with Crippen LogP contribution < -0.4 is 4.74 Å². The van der Waals surface area contributed by atoms with Crippen LogP contribution in [0.5, 0.6) is 11.5 Å². The Morgan fingerprint density at radius 1 is 0.800 bits per heavy atom. The van der Waals surface area contributed by atoms with Crippen molar-refractivity contribution >= 4 is 12.0 Å². The molecule has 15 heavy (non-hydrogen) atoms. The number of hydrogen-bond acceptors (Lipinski definition) is 3. The van der Waals surface area contributed by atoms with Gasteiger partial charge in [0.2, 0.25) is 0 Å². The van der Waals surface area contributed by atoms with Crippen molar-refractivity contribution < 1.29 is 9.29 Å². The van der Waals surface area contributed by atoms with Gasteiger partial charge in [-0.1, -0.05) is 18.2 Å². The minimum absolute atomic E-state index is 0.728. The molecule has 3 heteroatoms. The summed E-state index contributed by atoms with van der Waals surface area (Å²) in [5.41, 5.74) is 0. The molecule has 0 bridgehead atoms. The number of rotatable bonds is 3. The van der Waals surface area contributed by atoms with E-state index in [1.165, 1.54) is 0 Å². The number of para-hydroxylation sites is 1. The molecular formula is C12H10O2S. The smallest absolute Gasteiger partial charge is 0.127 e. The van der Waals surface area contributed by atoms with Gasteiger partial charge in [0.05, 0.1) is 0 Å². The highest BCUT2D eigenvalue weighted by Gasteiger charge is 1.96. The zero-order chi connectivity index (χ0) is 10.5. The van der Waals surface area contributed by atoms with Crippen molar-refractivity contribution in [3.63, 3.8) is 0 Å². The first-order valence-corrected chi connectivity index (χ1v) is 5.30. The molecule has 2 rings (SSSR count). The van der Waals surface area contributed by atoms with Gasteiger partial charge in [-0.2, -0.15) is 0 Å². The highest BCUT2D eigenvalue weighted by molar-refractivity contribution is 7.93. The Bertz CT molecular complexity index is 411. The normalized spacial score (nSPS) is 9.93. The largest absolute Gasteiger partial charge is 0.457 e. The average Bonchev–Trinajstić information content (AvgIpc) is 2.31. The minimum atomic E-state index is 0.728. The fourth-order valence-corrected chi connectivity index (χ4v) is 1.45. The number of hydrogen-bond donors (Lipinski definition) is 1. The Morgan fingerprint density at radius 2 is 1.40 bits per heavy atom. The van der Waals surface area contributed by atoms with Crippen molar-refractivity contribution in [2.45, 2.75) is 4.90 Å². The molecular weight excluding hydrogens is 208 g/mol. The summed E-state index contributed by atoms with van der Waals surface area (Å²) in [4.78, 5) is 0.801. The molecule has 2 aromatic rings. The second-order valence-electron chi connectivity index (χ2n) is 2.98. The Hall–Kier alpha value is -1.45. The van der Waals surface area contributed by atoms with Gasteiger partial charge in [-0.25, -0.2) is 0 Å². The van der Waals surface area contributed by atoms with Crippen LogP contribution in [0.3, 0.4) is 0 Å². The molecule has 0 fully saturated rings. The molecule has 0 aliphatic carbocycles. The van der Waals surface area contributed by atoms with E-state index in [0.717, 1.165) is 28.4 Å². The Labute approximate surface area is 92.7 Å². The summed E-state index contributed by atoms with van der Waals surface area (Å²) in [7, 11) is 0. The first kappa shape index (κ1) is 10.1. The van der Waals surface area contributed by atoms with Crippen molar-refractivity contribution in [3.8, 4) is 11.5 Å². The van der Waals surface area contributed by atoms with Crippen LogP contribution in [0.1, 0.15) is 0 Å². The van der Waals surface area contributed by atoms with Gasteiger partial charge in [0.15, 0.2) is 0 Å². The zero-order valence-electron chi connectivity index (χ0n) is 7.96. The summed E-state index contributed by atoms with van der Waals surface area (Å²) in [6, 6.07) is 16.9. The molecule has 0 aliphatic rings. The molecule has 76 valence electrons. The predicted molar refractivity (Wildman–Crippen MR) is 61.4 cm³/mol. The van der Waals surface area contributed by atoms with Crippen LogP contribution in [0.15, 0.2) is 59.5 Å². The van der Waals surface area contributed by atoms with Crippen LogP contribution in [-0.4, -0.2) is 4.55 Å². The fraction of sp³-hybridized carbons (Fsp3) is 0. The fourth-order valence-electron chi connectivity index (χ4n) is 1.19. The average molecular weight is 218 g/mol. The van der Waals surface area contributed by atoms with Gasteiger partial charge in [0, 0.05) is 16.9 Å². The van der Waals surface area contributed by atoms with Gasteiger partial charge in [-0.3, -0.25) is 0 Å². The first-order valence-electron chi connectivity index (χ1n) is 4.53. The van der Waals surface area contributed by atoms with Crippen molar-refractivity contribution in [1.29, 1.82) is 0 Å². The standard InChI is InChI=1S/C12H10O2S/c13-15-12-8-6-11(7-9-12)14-10-4-2-1-3-5-10/h1-9,13H. The molecule has 0 amide bonds. The van der Waals surface area contributed by atoms with Gasteiger partial charge in [0.1, 0.15) is 11.5 Å². The number of ether oxygens (including phenoxy) is 1. The summed E-state index contributed by atoms with van der Waals surface area (Å²) in [6.07, 6.45) is 0. The van der Waals surface area contributed by atoms with Gasteiger partial charge in [-0.05, 0) is 36.4 Å². The summed E-state index contributed by atoms with van der Waals surface area (Å²) >= 11 is 0.728. The lowest BCUT2D eigenvalue weighted by atomic mass is 10.3. The van der Waals surface area contributed by atoms with Gasteiger partial charge in [0.25, 0.3) is 0 Å². The van der Waals surface area contributed by atoms with E-state index in [0.29, 0.717) is 0 Å². The summed E-state index contributed by atoms with van der Waals surface area (Å²) < 4.78 is 14.4. The first-order chi connectivity index (χ1) is 7.38. The van der Waals surface area contributed by atoms with Gasteiger partial charge >= 0.3 is 0 Å². The van der Waals surface area contributed by atoms with Crippen LogP contribution >= 0.6 is 12.0 Å². The molecule has 0 saturated carbocycles. The molecule has 0 heterocycles. The quantitative estimate of drug-likeness (QED) is 0.788. The Kier molecular flexibility index (Phi) is 3.27. The van der Waals surface area contributed by atoms with E-state index in [1.54, 1.807) is 0 Å². The predicted octanol–water partition coefficient (Wildman–Crippen LogP) is 4.04. The molecule has 0 saturated heterocycles. The van der Waals surface area contributed by atoms with Crippen molar-refractivity contribution in [1.82, 2.24) is 0 Å². The van der Waals surface area contributed by atoms with Crippen LogP contribution in [-0.2, 0) is 0 Å². The topological polar surface area (TPSA) is 29.5 Å². The van der Waals surface area contributed by atoms with Crippen molar-refractivity contribution in [2.75, 3.05) is 0 Å². The van der Waals surface area contributed by atoms with E-state index in [-0.39, 0.29) is 0 Å². The second kappa shape index (κ2) is 4.87. The number of benzene rings is 2. The third kappa shape index (κ3) is 2.75. The monoisotopic (exact) mass is 218 g/mol. The summed E-state index contributed by atoms with van der Waals surface area (Å²) in [6.45, 7) is 0. The third-order valence-corrected chi connectivity index (χ3v) is 2.39. The van der Waals surface area contributed by atoms with E-state index in [9.17, 15) is 0 Å². The van der Waals surface area contributed by atoms with Crippen LogP contribution in [0, 0.1) is 0 Å². The second-order valence-corrected chi connectivity index (χ2v) is 3.63. The zero-order valence-corrected chi connectivity index (χ0v) is 8.78. The lowest BCUT2D eigenvalue weighted by Gasteiger charge is -2.05. The summed E-state index contributed by atoms with van der Waals surface area (Å²) in [5.74, 6) is 1.57. The lowest BCUT2D eigenvalue weighted by Crippen LogP contribution is -1.82. The van der Waals surface area contributed by atoms with Gasteiger partial charge in [-0.15, -0.1) is 0 Å². The van der Waals surface area contributed by atoms with E-state index >= 15 is 0 Å². The van der Waals surface area contributed by atoms with Crippen molar-refractivity contribution in [2.24, 2.45) is 0 Å². The SMILES string of the molecule is OSc1ccc(Oc2ccccc2)cc1. The molecule has 0 unspecified atom stereocenters. The molecule has 0 atom stereocenters. The highest BCUT2D eigenvalue weighted by atomic mass is 32.2. The molecule has 2 nitrogen and oxygen atoms in total. The maximum atomic E-state index is 8.79. The van der Waals surface area contributed by atoms with E-state index in [4.69, 9.17) is 9.29 Å². The van der Waals surface area contributed by atoms with E-state index < -0.39 is 0 Å². The van der Waals surface area contributed by atoms with Crippen LogP contribution in [0.25, 0.3) is 0 Å². The third-order valence-electron chi connectivity index (χ3n) is 1.91. The van der Waals surface area contributed by atoms with Crippen LogP contribution in [0.2, 0.25) is 0 Å². The molecule has 2 aromatic carbocycles. The highest BCUT2D eigenvalue weighted by Crippen LogP contribution is 2.23. The van der Waals surface area contributed by atoms with E-state index in [2.05, 4.69) is 0 Å². The van der Waals surface area contributed by atoms with Gasteiger partial charge < -0.3 is 9.29 Å². The Balaban J connectivity index is 2.11. The maximum absolute atomic E-state index is 8.79. The maximum Gasteiger partial charge on any atom is 0.127 e. The molecule has 0 radical (unpaired) electrons. The molecule has 0 spiro atoms. The van der Waals surface area contributed by atoms with E-state index in [1.807, 2.05) is 54.6 Å². The summed E-state index contributed by atoms with van der Waals surface area (Å²) in [5, 5.41) is 0. The Morgan fingerprint density at radius 3 is 2.00 bits per heavy atom. The minimum Gasteiger partial charge on any atom is -0.457 e. The molecule has 1 N–H and O–H groups in total. The molecule has 0 aromatic heterocycles. The van der Waals surface area contributed by atoms with Crippen LogP contribution in [0.4, 0.5) is 0 Å².